The molecule has 0 spiro atoms. The third-order valence-electron chi connectivity index (χ3n) is 20.0. The van der Waals surface area contributed by atoms with Crippen molar-refractivity contribution in [2.75, 3.05) is 14.7 Å². The molecule has 1 aromatic heterocycles. The van der Waals surface area contributed by atoms with Crippen molar-refractivity contribution in [2.24, 2.45) is 0 Å². The van der Waals surface area contributed by atoms with E-state index in [1.807, 2.05) is 11.3 Å². The molecular formula is C78H86BN3S. The highest BCUT2D eigenvalue weighted by Crippen LogP contribution is 2.56. The maximum Gasteiger partial charge on any atom is 0.264 e. The summed E-state index contributed by atoms with van der Waals surface area (Å²) in [7, 11) is 0. The Morgan fingerprint density at radius 2 is 0.988 bits per heavy atom. The van der Waals surface area contributed by atoms with Crippen molar-refractivity contribution in [3.8, 4) is 11.1 Å². The predicted octanol–water partition coefficient (Wildman–Crippen LogP) is 20.7. The first-order valence-corrected chi connectivity index (χ1v) is 31.7. The maximum absolute atomic E-state index is 2.75. The van der Waals surface area contributed by atoms with Gasteiger partial charge in [-0.15, -0.1) is 11.3 Å². The number of hydrogen-bond donors (Lipinski definition) is 0. The highest BCUT2D eigenvalue weighted by Gasteiger charge is 2.49. The quantitative estimate of drug-likeness (QED) is 0.154. The van der Waals surface area contributed by atoms with E-state index in [1.54, 1.807) is 0 Å². The van der Waals surface area contributed by atoms with E-state index in [-0.39, 0.29) is 44.6 Å². The number of hydrogen-bond acceptors (Lipinski definition) is 4. The van der Waals surface area contributed by atoms with Gasteiger partial charge in [-0.25, -0.2) is 0 Å². The van der Waals surface area contributed by atoms with Gasteiger partial charge < -0.3 is 14.7 Å². The summed E-state index contributed by atoms with van der Waals surface area (Å²) in [5.74, 6) is 0. The van der Waals surface area contributed by atoms with Crippen molar-refractivity contribution in [1.82, 2.24) is 0 Å². The summed E-state index contributed by atoms with van der Waals surface area (Å²) >= 11 is 2.02. The first-order valence-electron chi connectivity index (χ1n) is 30.9. The molecule has 0 saturated heterocycles. The second kappa shape index (κ2) is 18.8. The molecule has 0 atom stereocenters. The van der Waals surface area contributed by atoms with Crippen molar-refractivity contribution < 1.29 is 0 Å². The molecule has 3 heterocycles. The van der Waals surface area contributed by atoms with Gasteiger partial charge in [-0.05, 0) is 192 Å². The number of nitrogens with zero attached hydrogens (tertiary/aromatic N) is 3. The average Bonchev–Trinajstić information content (AvgIpc) is 1.74. The molecule has 8 aromatic carbocycles. The minimum absolute atomic E-state index is 0.000422. The number of rotatable bonds is 6. The summed E-state index contributed by atoms with van der Waals surface area (Å²) < 4.78 is 2.73. The summed E-state index contributed by atoms with van der Waals surface area (Å²) in [6.07, 6.45) is 4.61. The van der Waals surface area contributed by atoms with Gasteiger partial charge in [0.05, 0.1) is 17.1 Å². The van der Waals surface area contributed by atoms with Crippen LogP contribution in [-0.2, 0) is 37.9 Å². The van der Waals surface area contributed by atoms with Crippen LogP contribution in [0.25, 0.3) is 21.2 Å². The van der Waals surface area contributed by atoms with E-state index in [9.17, 15) is 0 Å². The third kappa shape index (κ3) is 9.03. The molecule has 0 amide bonds. The van der Waals surface area contributed by atoms with Crippen LogP contribution in [0.2, 0.25) is 0 Å². The molecule has 0 radical (unpaired) electrons. The van der Waals surface area contributed by atoms with Gasteiger partial charge in [-0.3, -0.25) is 0 Å². The first-order chi connectivity index (χ1) is 39.0. The van der Waals surface area contributed by atoms with E-state index in [1.165, 1.54) is 122 Å². The van der Waals surface area contributed by atoms with Gasteiger partial charge in [-0.1, -0.05) is 209 Å². The Kier molecular flexibility index (Phi) is 12.6. The SMILES string of the molecule is CC(C)(C)c1ccc(N2c3cc(N(c4ccccc4)c4ccccc4C(C)(C)C)cc4c3B(c3cc5c(cc3N4c3ccc4c(c3)C(C)(C)CCC4(C)C)C(C)(C)CCC5(C)C)c3sc4ccc(C(C)(C)C)cc4c32)c(-c2ccccc2)c1. The largest absolute Gasteiger partial charge is 0.311 e. The molecule has 0 unspecified atom stereocenters. The third-order valence-corrected chi connectivity index (χ3v) is 21.2. The lowest BCUT2D eigenvalue weighted by Crippen LogP contribution is -2.61. The van der Waals surface area contributed by atoms with Gasteiger partial charge in [0.25, 0.3) is 6.71 Å². The molecule has 0 saturated carbocycles. The van der Waals surface area contributed by atoms with Gasteiger partial charge in [0, 0.05) is 54.6 Å². The number of anilines is 9. The Labute approximate surface area is 501 Å². The second-order valence-electron chi connectivity index (χ2n) is 30.8. The fourth-order valence-corrected chi connectivity index (χ4v) is 16.0. The standard InChI is InChI=1S/C78H86BN3S/c1-72(2,3)50-32-36-63(55(42-50)49-26-20-18-21-27-49)82-67-46-54(80(52-28-22-19-23-29-52)64-31-25-24-30-58(64)74(7,8)9)45-66-69(67)79(71-70(82)56-43-51(73(4,5)6)33-37-68(56)83-71)62-47-60-61(78(16,17)41-40-77(60,14)15)48-65(62)81(66)53-34-35-57-59(44-53)76(12,13)39-38-75(57,10)11/h18-37,42-48H,38-41H2,1-17H3. The highest BCUT2D eigenvalue weighted by molar-refractivity contribution is 7.33. The Bertz CT molecular complexity index is 4060. The average molecular weight is 1110 g/mol. The number of benzene rings is 8. The Morgan fingerprint density at radius 3 is 1.61 bits per heavy atom. The van der Waals surface area contributed by atoms with E-state index >= 15 is 0 Å². The lowest BCUT2D eigenvalue weighted by atomic mass is 9.35. The van der Waals surface area contributed by atoms with Crippen LogP contribution in [0.1, 0.15) is 182 Å². The summed E-state index contributed by atoms with van der Waals surface area (Å²) in [5.41, 5.74) is 25.8. The zero-order valence-corrected chi connectivity index (χ0v) is 53.6. The second-order valence-corrected chi connectivity index (χ2v) is 31.9. The molecule has 4 aliphatic rings. The molecular weight excluding hydrogens is 1020 g/mol. The summed E-state index contributed by atoms with van der Waals surface area (Å²) in [6.45, 7) is 41.1. The van der Waals surface area contributed by atoms with Crippen LogP contribution >= 0.6 is 11.3 Å². The van der Waals surface area contributed by atoms with Crippen molar-refractivity contribution in [3.05, 3.63) is 203 Å². The zero-order valence-electron chi connectivity index (χ0n) is 52.7. The molecule has 0 N–H and O–H groups in total. The van der Waals surface area contributed by atoms with Crippen LogP contribution in [0, 0.1) is 0 Å². The Hall–Kier alpha value is -6.82. The van der Waals surface area contributed by atoms with Gasteiger partial charge in [0.2, 0.25) is 0 Å². The minimum atomic E-state index is -0.147. The molecule has 3 nitrogen and oxygen atoms in total. The van der Waals surface area contributed by atoms with Gasteiger partial charge >= 0.3 is 0 Å². The number of para-hydroxylation sites is 2. The molecule has 2 aliphatic heterocycles. The van der Waals surface area contributed by atoms with Gasteiger partial charge in [-0.2, -0.15) is 0 Å². The molecule has 2 aliphatic carbocycles. The van der Waals surface area contributed by atoms with Gasteiger partial charge in [0.15, 0.2) is 0 Å². The lowest BCUT2D eigenvalue weighted by Gasteiger charge is -2.48. The van der Waals surface area contributed by atoms with Crippen molar-refractivity contribution in [3.63, 3.8) is 0 Å². The van der Waals surface area contributed by atoms with Crippen LogP contribution in [0.3, 0.4) is 0 Å². The maximum atomic E-state index is 2.75. The predicted molar refractivity (Wildman–Crippen MR) is 363 cm³/mol. The van der Waals surface area contributed by atoms with Crippen LogP contribution in [0.4, 0.5) is 51.2 Å². The fraction of sp³-hybridized carbons (Fsp3) is 0.359. The molecule has 83 heavy (non-hydrogen) atoms. The normalized spacial score (nSPS) is 17.3. The molecule has 422 valence electrons. The van der Waals surface area contributed by atoms with Gasteiger partial charge in [0.1, 0.15) is 0 Å². The zero-order chi connectivity index (χ0) is 58.7. The summed E-state index contributed by atoms with van der Waals surface area (Å²) in [5, 5.41) is 1.31. The monoisotopic (exact) mass is 1110 g/mol. The van der Waals surface area contributed by atoms with Crippen LogP contribution in [-0.4, -0.2) is 6.71 Å². The van der Waals surface area contributed by atoms with E-state index in [2.05, 4.69) is 296 Å². The summed E-state index contributed by atoms with van der Waals surface area (Å²) in [4.78, 5) is 8.08. The van der Waals surface area contributed by atoms with Crippen molar-refractivity contribution >= 4 is 95.0 Å². The molecule has 0 bridgehead atoms. The number of thiophene rings is 1. The minimum Gasteiger partial charge on any atom is -0.311 e. The van der Waals surface area contributed by atoms with Crippen molar-refractivity contribution in [2.45, 2.75) is 181 Å². The summed E-state index contributed by atoms with van der Waals surface area (Å²) in [6, 6.07) is 64.6. The molecule has 0 fully saturated rings. The topological polar surface area (TPSA) is 9.72 Å². The lowest BCUT2D eigenvalue weighted by molar-refractivity contribution is 0.332. The smallest absolute Gasteiger partial charge is 0.264 e. The highest BCUT2D eigenvalue weighted by atomic mass is 32.1. The number of fused-ring (bicyclic) bond motifs is 8. The Balaban J connectivity index is 1.24. The van der Waals surface area contributed by atoms with Crippen LogP contribution < -0.4 is 30.4 Å². The molecule has 5 heteroatoms. The van der Waals surface area contributed by atoms with E-state index < -0.39 is 0 Å². The van der Waals surface area contributed by atoms with Crippen molar-refractivity contribution in [1.29, 1.82) is 0 Å². The fourth-order valence-electron chi connectivity index (χ4n) is 14.7. The van der Waals surface area contributed by atoms with E-state index in [4.69, 9.17) is 0 Å². The van der Waals surface area contributed by atoms with E-state index in [0.29, 0.717) is 0 Å². The van der Waals surface area contributed by atoms with Crippen LogP contribution in [0.15, 0.2) is 164 Å². The first kappa shape index (κ1) is 55.4. The molecule has 13 rings (SSSR count). The Morgan fingerprint density at radius 1 is 0.446 bits per heavy atom. The molecule has 9 aromatic rings. The van der Waals surface area contributed by atoms with Crippen LogP contribution in [0.5, 0.6) is 0 Å². The van der Waals surface area contributed by atoms with E-state index in [0.717, 1.165) is 30.6 Å².